The van der Waals surface area contributed by atoms with Crippen LogP contribution in [0.3, 0.4) is 0 Å². The number of hydrogen-bond donors (Lipinski definition) is 1. The molecule has 0 radical (unpaired) electrons. The highest BCUT2D eigenvalue weighted by molar-refractivity contribution is 7.89. The minimum atomic E-state index is -3.95. The van der Waals surface area contributed by atoms with Crippen molar-refractivity contribution in [3.63, 3.8) is 0 Å². The maximum Gasteiger partial charge on any atom is 0.308 e. The minimum Gasteiger partial charge on any atom is -0.469 e. The highest BCUT2D eigenvalue weighted by atomic mass is 32.2. The van der Waals surface area contributed by atoms with E-state index in [2.05, 4.69) is 14.7 Å². The third-order valence-corrected chi connectivity index (χ3v) is 7.01. The predicted molar refractivity (Wildman–Crippen MR) is 136 cm³/mol. The van der Waals surface area contributed by atoms with Crippen LogP contribution in [0.15, 0.2) is 35.5 Å². The van der Waals surface area contributed by atoms with E-state index in [0.717, 1.165) is 0 Å². The van der Waals surface area contributed by atoms with Gasteiger partial charge >= 0.3 is 5.97 Å². The summed E-state index contributed by atoms with van der Waals surface area (Å²) in [6.45, 7) is 9.19. The molecule has 1 aliphatic rings. The zero-order valence-electron chi connectivity index (χ0n) is 21.9. The molecule has 2 heterocycles. The molecule has 9 nitrogen and oxygen atoms in total. The Morgan fingerprint density at radius 1 is 1.24 bits per heavy atom. The molecule has 0 saturated carbocycles. The SMILES string of the molecule is CCNS(=O)(=O)c1nc(-c2ccc(F)cc2)c(/C=C\[C@H]2C[C@@H](CC(=O)OC)OC(C)(C)O2)c(C(C)C)n1. The van der Waals surface area contributed by atoms with Crippen molar-refractivity contribution in [2.75, 3.05) is 13.7 Å². The Kier molecular flexibility index (Phi) is 9.17. The number of ether oxygens (including phenoxy) is 3. The van der Waals surface area contributed by atoms with Crippen LogP contribution in [0.2, 0.25) is 0 Å². The number of esters is 1. The molecule has 3 rings (SSSR count). The van der Waals surface area contributed by atoms with Gasteiger partial charge < -0.3 is 14.2 Å². The minimum absolute atomic E-state index is 0.0891. The largest absolute Gasteiger partial charge is 0.469 e. The van der Waals surface area contributed by atoms with Gasteiger partial charge in [0.05, 0.1) is 37.1 Å². The highest BCUT2D eigenvalue weighted by Gasteiger charge is 2.35. The number of carbonyl (C=O) groups is 1. The van der Waals surface area contributed by atoms with E-state index in [0.29, 0.717) is 28.9 Å². The van der Waals surface area contributed by atoms with Crippen molar-refractivity contribution < 1.29 is 31.8 Å². The number of sulfonamides is 1. The summed E-state index contributed by atoms with van der Waals surface area (Å²) in [4.78, 5) is 20.6. The van der Waals surface area contributed by atoms with E-state index in [1.54, 1.807) is 39.0 Å². The van der Waals surface area contributed by atoms with Crippen molar-refractivity contribution in [3.05, 3.63) is 47.4 Å². The molecule has 37 heavy (non-hydrogen) atoms. The molecular weight excluding hydrogens is 501 g/mol. The molecule has 1 fully saturated rings. The molecule has 0 spiro atoms. The summed E-state index contributed by atoms with van der Waals surface area (Å²) in [7, 11) is -2.62. The van der Waals surface area contributed by atoms with E-state index in [-0.39, 0.29) is 30.0 Å². The fourth-order valence-electron chi connectivity index (χ4n) is 4.14. The van der Waals surface area contributed by atoms with Crippen LogP contribution in [0.5, 0.6) is 0 Å². The molecule has 2 atom stereocenters. The topological polar surface area (TPSA) is 117 Å². The molecule has 1 aliphatic heterocycles. The Bertz CT molecular complexity index is 1250. The van der Waals surface area contributed by atoms with E-state index in [1.165, 1.54) is 19.2 Å². The fraction of sp³-hybridized carbons (Fsp3) is 0.500. The standard InChI is InChI=1S/C26H34FN3O6S/c1-7-28-37(32,33)25-29-23(16(2)3)21(24(30-25)17-8-10-18(27)11-9-17)13-12-19-14-20(15-22(31)34-6)36-26(4,5)35-19/h8-13,16,19-20,28H,7,14-15H2,1-6H3/b13-12-/t19-,20-/m0/s1. The molecule has 0 bridgehead atoms. The smallest absolute Gasteiger partial charge is 0.308 e. The lowest BCUT2D eigenvalue weighted by molar-refractivity contribution is -0.290. The van der Waals surface area contributed by atoms with Gasteiger partial charge in [0.25, 0.3) is 15.2 Å². The lowest BCUT2D eigenvalue weighted by atomic mass is 9.97. The van der Waals surface area contributed by atoms with E-state index in [1.807, 2.05) is 19.9 Å². The molecule has 0 aliphatic carbocycles. The third kappa shape index (κ3) is 7.41. The van der Waals surface area contributed by atoms with Gasteiger partial charge in [-0.15, -0.1) is 0 Å². The van der Waals surface area contributed by atoms with Gasteiger partial charge in [-0.3, -0.25) is 4.79 Å². The van der Waals surface area contributed by atoms with Crippen molar-refractivity contribution in [3.8, 4) is 11.3 Å². The molecule has 1 saturated heterocycles. The van der Waals surface area contributed by atoms with Gasteiger partial charge in [0.1, 0.15) is 5.82 Å². The Balaban J connectivity index is 2.11. The van der Waals surface area contributed by atoms with Gasteiger partial charge in [-0.2, -0.15) is 0 Å². The second kappa shape index (κ2) is 11.8. The first-order valence-electron chi connectivity index (χ1n) is 12.1. The van der Waals surface area contributed by atoms with Crippen LogP contribution in [0.4, 0.5) is 4.39 Å². The lowest BCUT2D eigenvalue weighted by Crippen LogP contribution is -2.44. The molecule has 1 aromatic carbocycles. The third-order valence-electron chi connectivity index (χ3n) is 5.67. The maximum atomic E-state index is 13.7. The molecular formula is C26H34FN3O6S. The van der Waals surface area contributed by atoms with Gasteiger partial charge in [-0.05, 0) is 44.0 Å². The van der Waals surface area contributed by atoms with Gasteiger partial charge in [-0.25, -0.2) is 27.5 Å². The number of nitrogens with zero attached hydrogens (tertiary/aromatic N) is 2. The predicted octanol–water partition coefficient (Wildman–Crippen LogP) is 4.19. The van der Waals surface area contributed by atoms with Crippen LogP contribution in [0.25, 0.3) is 17.3 Å². The average molecular weight is 536 g/mol. The first-order chi connectivity index (χ1) is 17.3. The van der Waals surface area contributed by atoms with Crippen molar-refractivity contribution in [2.45, 2.75) is 76.5 Å². The summed E-state index contributed by atoms with van der Waals surface area (Å²) in [5.74, 6) is -1.89. The molecule has 202 valence electrons. The van der Waals surface area contributed by atoms with E-state index < -0.39 is 33.8 Å². The quantitative estimate of drug-likeness (QED) is 0.375. The average Bonchev–Trinajstić information content (AvgIpc) is 2.81. The zero-order chi connectivity index (χ0) is 27.4. The Labute approximate surface area is 217 Å². The van der Waals surface area contributed by atoms with Crippen LogP contribution in [0, 0.1) is 5.82 Å². The highest BCUT2D eigenvalue weighted by Crippen LogP contribution is 2.33. The number of aromatic nitrogens is 2. The molecule has 0 unspecified atom stereocenters. The second-order valence-electron chi connectivity index (χ2n) is 9.49. The Hall–Kier alpha value is -2.73. The van der Waals surface area contributed by atoms with Crippen LogP contribution < -0.4 is 4.72 Å². The molecule has 1 N–H and O–H groups in total. The monoisotopic (exact) mass is 535 g/mol. The van der Waals surface area contributed by atoms with Crippen molar-refractivity contribution in [1.29, 1.82) is 0 Å². The van der Waals surface area contributed by atoms with Gasteiger partial charge in [0.15, 0.2) is 5.79 Å². The summed E-state index contributed by atoms with van der Waals surface area (Å²) in [6, 6.07) is 5.67. The Morgan fingerprint density at radius 3 is 2.51 bits per heavy atom. The van der Waals surface area contributed by atoms with E-state index >= 15 is 0 Å². The summed E-state index contributed by atoms with van der Waals surface area (Å²) in [6.07, 6.45) is 3.29. The number of rotatable bonds is 9. The van der Waals surface area contributed by atoms with Gasteiger partial charge in [0.2, 0.25) is 0 Å². The number of carbonyl (C=O) groups excluding carboxylic acids is 1. The van der Waals surface area contributed by atoms with Gasteiger partial charge in [0, 0.05) is 24.1 Å². The molecule has 11 heteroatoms. The second-order valence-corrected chi connectivity index (χ2v) is 11.1. The first kappa shape index (κ1) is 28.8. The summed E-state index contributed by atoms with van der Waals surface area (Å²) in [5, 5.41) is -0.351. The van der Waals surface area contributed by atoms with Crippen LogP contribution in [-0.2, 0) is 29.0 Å². The van der Waals surface area contributed by atoms with Gasteiger partial charge in [-0.1, -0.05) is 32.9 Å². The molecule has 1 aromatic heterocycles. The summed E-state index contributed by atoms with van der Waals surface area (Å²) < 4.78 is 58.4. The van der Waals surface area contributed by atoms with Crippen molar-refractivity contribution >= 4 is 22.1 Å². The van der Waals surface area contributed by atoms with Crippen LogP contribution >= 0.6 is 0 Å². The summed E-state index contributed by atoms with van der Waals surface area (Å²) in [5.41, 5.74) is 1.99. The number of methoxy groups -OCH3 is 1. The molecule has 2 aromatic rings. The Morgan fingerprint density at radius 2 is 1.92 bits per heavy atom. The van der Waals surface area contributed by atoms with Crippen LogP contribution in [0.1, 0.15) is 64.6 Å². The zero-order valence-corrected chi connectivity index (χ0v) is 22.8. The summed E-state index contributed by atoms with van der Waals surface area (Å²) >= 11 is 0. The maximum absolute atomic E-state index is 13.7. The van der Waals surface area contributed by atoms with E-state index in [9.17, 15) is 17.6 Å². The van der Waals surface area contributed by atoms with Crippen molar-refractivity contribution in [1.82, 2.24) is 14.7 Å². The number of benzene rings is 1. The first-order valence-corrected chi connectivity index (χ1v) is 13.6. The fourth-order valence-corrected chi connectivity index (χ4v) is 5.08. The van der Waals surface area contributed by atoms with Crippen LogP contribution in [-0.4, -0.2) is 56.0 Å². The number of nitrogens with one attached hydrogen (secondary N) is 1. The number of halogens is 1. The van der Waals surface area contributed by atoms with Crippen molar-refractivity contribution in [2.24, 2.45) is 0 Å². The normalized spacial score (nSPS) is 19.9. The lowest BCUT2D eigenvalue weighted by Gasteiger charge is -2.39. The number of hydrogen-bond acceptors (Lipinski definition) is 8. The molecule has 0 amide bonds. The van der Waals surface area contributed by atoms with E-state index in [4.69, 9.17) is 14.2 Å².